The number of benzene rings is 3. The molecule has 0 saturated carbocycles. The van der Waals surface area contributed by atoms with E-state index < -0.39 is 38.0 Å². The molecule has 13 heteroatoms. The van der Waals surface area contributed by atoms with Gasteiger partial charge in [-0.2, -0.15) is 18.4 Å². The number of hydrogen-bond acceptors (Lipinski definition) is 8. The first-order valence-corrected chi connectivity index (χ1v) is 12.2. The van der Waals surface area contributed by atoms with Crippen LogP contribution in [0, 0.1) is 17.0 Å². The Bertz CT molecular complexity index is 1670. The molecule has 4 rings (SSSR count). The number of aromatic nitrogens is 2. The number of H-pyrrole nitrogens is 1. The summed E-state index contributed by atoms with van der Waals surface area (Å²) < 4.78 is 25.6. The second kappa shape index (κ2) is 9.85. The third kappa shape index (κ3) is 5.10. The van der Waals surface area contributed by atoms with Crippen molar-refractivity contribution in [1.82, 2.24) is 14.8 Å². The van der Waals surface area contributed by atoms with E-state index in [1.165, 1.54) is 36.4 Å². The van der Waals surface area contributed by atoms with E-state index in [0.29, 0.717) is 0 Å². The first-order valence-electron chi connectivity index (χ1n) is 10.3. The lowest BCUT2D eigenvalue weighted by atomic mass is 10.0. The number of aryl methyl sites for hydroxylation is 1. The molecule has 3 aromatic carbocycles. The van der Waals surface area contributed by atoms with Gasteiger partial charge < -0.3 is 10.1 Å². The molecule has 184 valence electrons. The summed E-state index contributed by atoms with van der Waals surface area (Å²) in [6.07, 6.45) is -1.65. The molecular weight excluding hydrogens is 510 g/mol. The summed E-state index contributed by atoms with van der Waals surface area (Å²) in [5, 5.41) is 26.2. The number of non-ortho nitro benzene ring substituents is 1. The van der Waals surface area contributed by atoms with E-state index in [4.69, 9.17) is 11.6 Å². The number of hydrogen-bond donors (Lipinski definition) is 3. The number of nitro groups is 1. The van der Waals surface area contributed by atoms with Crippen LogP contribution in [0.3, 0.4) is 0 Å². The highest BCUT2D eigenvalue weighted by Crippen LogP contribution is 2.26. The van der Waals surface area contributed by atoms with Crippen LogP contribution in [0.4, 0.5) is 5.69 Å². The average Bonchev–Trinajstić information content (AvgIpc) is 2.84. The van der Waals surface area contributed by atoms with E-state index in [1.807, 2.05) is 4.83 Å². The number of fused-ring (bicyclic) bond motifs is 1. The molecule has 1 atom stereocenters. The molecule has 4 aromatic rings. The van der Waals surface area contributed by atoms with Crippen LogP contribution >= 0.6 is 11.6 Å². The monoisotopic (exact) mass is 527 g/mol. The highest BCUT2D eigenvalue weighted by Gasteiger charge is 2.26. The zero-order chi connectivity index (χ0) is 26.0. The molecule has 0 saturated heterocycles. The Kier molecular flexibility index (Phi) is 6.84. The maximum absolute atomic E-state index is 12.9. The highest BCUT2D eigenvalue weighted by atomic mass is 35.5. The van der Waals surface area contributed by atoms with Crippen molar-refractivity contribution >= 4 is 44.1 Å². The van der Waals surface area contributed by atoms with Gasteiger partial charge in [0.2, 0.25) is 0 Å². The van der Waals surface area contributed by atoms with Crippen LogP contribution in [0.1, 0.15) is 22.9 Å². The molecule has 1 unspecified atom stereocenters. The van der Waals surface area contributed by atoms with Crippen LogP contribution in [0.5, 0.6) is 0 Å². The summed E-state index contributed by atoms with van der Waals surface area (Å²) in [5.74, 6) is 0. The van der Waals surface area contributed by atoms with Crippen LogP contribution in [-0.4, -0.2) is 34.1 Å². The third-order valence-electron chi connectivity index (χ3n) is 5.21. The number of hydrazone groups is 1. The van der Waals surface area contributed by atoms with Gasteiger partial charge >= 0.3 is 0 Å². The molecule has 0 aliphatic rings. The summed E-state index contributed by atoms with van der Waals surface area (Å²) in [6.45, 7) is 1.80. The zero-order valence-electron chi connectivity index (χ0n) is 18.5. The number of aromatic amines is 1. The minimum atomic E-state index is -4.17. The van der Waals surface area contributed by atoms with Crippen molar-refractivity contribution in [2.24, 2.45) is 5.10 Å². The molecule has 0 radical (unpaired) electrons. The molecule has 0 amide bonds. The first-order chi connectivity index (χ1) is 17.1. The van der Waals surface area contributed by atoms with Crippen LogP contribution < -0.4 is 10.4 Å². The fraction of sp³-hybridized carbons (Fsp3) is 0.0870. The molecule has 11 nitrogen and oxygen atoms in total. The van der Waals surface area contributed by atoms with Crippen molar-refractivity contribution in [2.75, 3.05) is 0 Å². The van der Waals surface area contributed by atoms with E-state index in [1.54, 1.807) is 31.2 Å². The SMILES string of the molecule is Cc1ccc(S(=O)(=O)N/N=C(\c2nc3ccc([N+](=O)[O-])cc3[nH]c2=O)C(O)c2ccccc2Cl)cc1. The lowest BCUT2D eigenvalue weighted by molar-refractivity contribution is -0.384. The van der Waals surface area contributed by atoms with Gasteiger partial charge in [-0.3, -0.25) is 14.9 Å². The topological polar surface area (TPSA) is 168 Å². The fourth-order valence-electron chi connectivity index (χ4n) is 3.33. The van der Waals surface area contributed by atoms with Crippen molar-refractivity contribution in [3.05, 3.63) is 109 Å². The summed E-state index contributed by atoms with van der Waals surface area (Å²) in [4.78, 5) is 32.0. The fourth-order valence-corrected chi connectivity index (χ4v) is 4.39. The Morgan fingerprint density at radius 2 is 1.86 bits per heavy atom. The quantitative estimate of drug-likeness (QED) is 0.188. The Morgan fingerprint density at radius 1 is 1.17 bits per heavy atom. The predicted molar refractivity (Wildman–Crippen MR) is 133 cm³/mol. The Balaban J connectivity index is 1.86. The third-order valence-corrected chi connectivity index (χ3v) is 6.77. The minimum absolute atomic E-state index is 0.0739. The maximum atomic E-state index is 12.9. The number of halogens is 1. The molecule has 0 aliphatic carbocycles. The number of nitro benzene ring substituents is 1. The molecule has 0 fully saturated rings. The normalized spacial score (nSPS) is 12.9. The lowest BCUT2D eigenvalue weighted by Crippen LogP contribution is -2.29. The minimum Gasteiger partial charge on any atom is -0.382 e. The Morgan fingerprint density at radius 3 is 2.53 bits per heavy atom. The van der Waals surface area contributed by atoms with E-state index in [-0.39, 0.29) is 32.2 Å². The van der Waals surface area contributed by atoms with Gasteiger partial charge in [-0.15, -0.1) is 0 Å². The second-order valence-electron chi connectivity index (χ2n) is 7.70. The molecule has 3 N–H and O–H groups in total. The zero-order valence-corrected chi connectivity index (χ0v) is 20.1. The molecule has 0 aliphatic heterocycles. The van der Waals surface area contributed by atoms with Gasteiger partial charge in [-0.1, -0.05) is 47.5 Å². The van der Waals surface area contributed by atoms with E-state index in [0.717, 1.165) is 11.6 Å². The molecule has 1 aromatic heterocycles. The van der Waals surface area contributed by atoms with E-state index in [2.05, 4.69) is 15.1 Å². The van der Waals surface area contributed by atoms with Gasteiger partial charge in [0.05, 0.1) is 20.9 Å². The van der Waals surface area contributed by atoms with Crippen molar-refractivity contribution in [1.29, 1.82) is 0 Å². The molecule has 0 spiro atoms. The number of nitrogens with one attached hydrogen (secondary N) is 2. The van der Waals surface area contributed by atoms with E-state index in [9.17, 15) is 28.4 Å². The van der Waals surface area contributed by atoms with Crippen molar-refractivity contribution in [3.63, 3.8) is 0 Å². The predicted octanol–water partition coefficient (Wildman–Crippen LogP) is 3.21. The smallest absolute Gasteiger partial charge is 0.276 e. The van der Waals surface area contributed by atoms with Crippen molar-refractivity contribution in [3.8, 4) is 0 Å². The van der Waals surface area contributed by atoms with Crippen molar-refractivity contribution in [2.45, 2.75) is 17.9 Å². The Labute approximate surface area is 209 Å². The number of nitrogens with zero attached hydrogens (tertiary/aromatic N) is 3. The van der Waals surface area contributed by atoms with E-state index >= 15 is 0 Å². The molecule has 36 heavy (non-hydrogen) atoms. The number of sulfonamides is 1. The largest absolute Gasteiger partial charge is 0.382 e. The summed E-state index contributed by atoms with van der Waals surface area (Å²) in [5.41, 5.74) is -0.737. The van der Waals surface area contributed by atoms with Gasteiger partial charge in [0.15, 0.2) is 5.69 Å². The number of aliphatic hydroxyl groups excluding tert-OH is 1. The second-order valence-corrected chi connectivity index (χ2v) is 9.77. The highest BCUT2D eigenvalue weighted by molar-refractivity contribution is 7.89. The lowest BCUT2D eigenvalue weighted by Gasteiger charge is -2.15. The van der Waals surface area contributed by atoms with Gasteiger partial charge in [-0.25, -0.2) is 4.98 Å². The molecule has 0 bridgehead atoms. The number of aliphatic hydroxyl groups is 1. The van der Waals surface area contributed by atoms with Gasteiger partial charge in [0.25, 0.3) is 21.3 Å². The Hall–Kier alpha value is -4.13. The summed E-state index contributed by atoms with van der Waals surface area (Å²) >= 11 is 6.21. The van der Waals surface area contributed by atoms with Gasteiger partial charge in [0, 0.05) is 22.7 Å². The van der Waals surface area contributed by atoms with Crippen LogP contribution in [0.25, 0.3) is 11.0 Å². The summed E-state index contributed by atoms with van der Waals surface area (Å²) in [6, 6.07) is 15.8. The van der Waals surface area contributed by atoms with Crippen LogP contribution in [-0.2, 0) is 10.0 Å². The average molecular weight is 528 g/mol. The van der Waals surface area contributed by atoms with Crippen molar-refractivity contribution < 1.29 is 18.4 Å². The first kappa shape index (κ1) is 25.0. The standard InChI is InChI=1S/C23H18ClN5O6S/c1-13-6-9-15(10-7-13)36(34,35)28-27-20(22(30)16-4-2-3-5-17(16)24)21-23(31)26-19-12-14(29(32)33)8-11-18(19)25-21/h2-12,22,28,30H,1H3,(H,26,31)/b27-20+. The maximum Gasteiger partial charge on any atom is 0.276 e. The number of rotatable bonds is 7. The van der Waals surface area contributed by atoms with Gasteiger partial charge in [0.1, 0.15) is 11.8 Å². The summed E-state index contributed by atoms with van der Waals surface area (Å²) in [7, 11) is -4.17. The van der Waals surface area contributed by atoms with Crippen LogP contribution in [0.15, 0.2) is 81.5 Å². The van der Waals surface area contributed by atoms with Gasteiger partial charge in [-0.05, 0) is 31.2 Å². The molecular formula is C23H18ClN5O6S. The molecule has 1 heterocycles. The van der Waals surface area contributed by atoms with Crippen LogP contribution in [0.2, 0.25) is 5.02 Å².